The van der Waals surface area contributed by atoms with E-state index in [1.165, 1.54) is 12.8 Å². The van der Waals surface area contributed by atoms with Gasteiger partial charge in [-0.05, 0) is 47.4 Å². The van der Waals surface area contributed by atoms with E-state index < -0.39 is 0 Å². The lowest BCUT2D eigenvalue weighted by Crippen LogP contribution is -2.11. The summed E-state index contributed by atoms with van der Waals surface area (Å²) >= 11 is 3.28. The number of rotatable bonds is 1. The number of halogens is 1. The Bertz CT molecular complexity index is 240. The maximum Gasteiger partial charge on any atom is 0.169 e. The van der Waals surface area contributed by atoms with Crippen LogP contribution in [-0.4, -0.2) is 6.54 Å². The van der Waals surface area contributed by atoms with E-state index in [0.29, 0.717) is 6.04 Å². The Labute approximate surface area is 74.1 Å². The van der Waals surface area contributed by atoms with Crippen LogP contribution in [0.2, 0.25) is 0 Å². The number of furan rings is 1. The highest BCUT2D eigenvalue weighted by atomic mass is 79.9. The summed E-state index contributed by atoms with van der Waals surface area (Å²) in [6, 6.07) is 4.41. The molecule has 1 N–H and O–H groups in total. The highest BCUT2D eigenvalue weighted by Gasteiger charge is 2.18. The lowest BCUT2D eigenvalue weighted by molar-refractivity contribution is 0.431. The molecule has 1 aromatic rings. The van der Waals surface area contributed by atoms with E-state index in [0.717, 1.165) is 17.0 Å². The van der Waals surface area contributed by atoms with Crippen molar-refractivity contribution in [1.82, 2.24) is 5.32 Å². The Kier molecular flexibility index (Phi) is 2.00. The Hall–Kier alpha value is -0.280. The molecule has 0 radical (unpaired) electrons. The molecule has 2 rings (SSSR count). The summed E-state index contributed by atoms with van der Waals surface area (Å²) in [6.07, 6.45) is 2.45. The zero-order valence-corrected chi connectivity index (χ0v) is 7.73. The van der Waals surface area contributed by atoms with Gasteiger partial charge in [-0.3, -0.25) is 0 Å². The predicted octanol–water partition coefficient (Wildman–Crippen LogP) is 2.47. The van der Waals surface area contributed by atoms with Crippen LogP contribution in [0.3, 0.4) is 0 Å². The Balaban J connectivity index is 2.15. The van der Waals surface area contributed by atoms with Gasteiger partial charge in [-0.1, -0.05) is 0 Å². The van der Waals surface area contributed by atoms with Crippen LogP contribution in [0.4, 0.5) is 0 Å². The van der Waals surface area contributed by atoms with E-state index >= 15 is 0 Å². The summed E-state index contributed by atoms with van der Waals surface area (Å²) in [5.41, 5.74) is 0. The quantitative estimate of drug-likeness (QED) is 0.779. The van der Waals surface area contributed by atoms with Crippen molar-refractivity contribution in [2.24, 2.45) is 0 Å². The number of hydrogen-bond acceptors (Lipinski definition) is 2. The second-order valence-electron chi connectivity index (χ2n) is 2.79. The first-order chi connectivity index (χ1) is 5.36. The van der Waals surface area contributed by atoms with Crippen molar-refractivity contribution >= 4 is 15.9 Å². The van der Waals surface area contributed by atoms with E-state index in [-0.39, 0.29) is 0 Å². The first kappa shape index (κ1) is 7.37. The van der Waals surface area contributed by atoms with Gasteiger partial charge in [-0.15, -0.1) is 0 Å². The van der Waals surface area contributed by atoms with Crippen LogP contribution in [-0.2, 0) is 0 Å². The minimum absolute atomic E-state index is 0.446. The van der Waals surface area contributed by atoms with Gasteiger partial charge in [-0.25, -0.2) is 0 Å². The summed E-state index contributed by atoms with van der Waals surface area (Å²) in [6.45, 7) is 1.11. The summed E-state index contributed by atoms with van der Waals surface area (Å²) in [5.74, 6) is 1.05. The summed E-state index contributed by atoms with van der Waals surface area (Å²) < 4.78 is 6.24. The summed E-state index contributed by atoms with van der Waals surface area (Å²) in [5, 5.41) is 3.37. The molecule has 60 valence electrons. The summed E-state index contributed by atoms with van der Waals surface area (Å²) in [7, 11) is 0. The lowest BCUT2D eigenvalue weighted by Gasteiger charge is -2.04. The van der Waals surface area contributed by atoms with E-state index in [9.17, 15) is 0 Å². The smallest absolute Gasteiger partial charge is 0.169 e. The molecular formula is C8H10BrNO. The van der Waals surface area contributed by atoms with Gasteiger partial charge in [0, 0.05) is 0 Å². The molecule has 11 heavy (non-hydrogen) atoms. The molecule has 0 aromatic carbocycles. The van der Waals surface area contributed by atoms with Gasteiger partial charge in [0.05, 0.1) is 6.04 Å². The molecular weight excluding hydrogens is 206 g/mol. The monoisotopic (exact) mass is 215 g/mol. The SMILES string of the molecule is Brc1ccc(C2CCCN2)o1. The van der Waals surface area contributed by atoms with Gasteiger partial charge in [0.2, 0.25) is 0 Å². The average molecular weight is 216 g/mol. The predicted molar refractivity (Wildman–Crippen MR) is 46.4 cm³/mol. The number of hydrogen-bond donors (Lipinski definition) is 1. The van der Waals surface area contributed by atoms with Crippen molar-refractivity contribution in [2.75, 3.05) is 6.54 Å². The second kappa shape index (κ2) is 2.99. The second-order valence-corrected chi connectivity index (χ2v) is 3.57. The highest BCUT2D eigenvalue weighted by molar-refractivity contribution is 9.10. The van der Waals surface area contributed by atoms with Crippen molar-refractivity contribution in [2.45, 2.75) is 18.9 Å². The molecule has 0 aliphatic carbocycles. The van der Waals surface area contributed by atoms with Crippen molar-refractivity contribution < 1.29 is 4.42 Å². The first-order valence-corrected chi connectivity index (χ1v) is 4.64. The van der Waals surface area contributed by atoms with Gasteiger partial charge in [0.25, 0.3) is 0 Å². The third kappa shape index (κ3) is 1.49. The van der Waals surface area contributed by atoms with Crippen molar-refractivity contribution in [1.29, 1.82) is 0 Å². The topological polar surface area (TPSA) is 25.2 Å². The maximum absolute atomic E-state index is 5.42. The van der Waals surface area contributed by atoms with Gasteiger partial charge in [0.15, 0.2) is 4.67 Å². The molecule has 1 fully saturated rings. The lowest BCUT2D eigenvalue weighted by atomic mass is 10.2. The fourth-order valence-corrected chi connectivity index (χ4v) is 1.76. The third-order valence-electron chi connectivity index (χ3n) is 2.00. The minimum Gasteiger partial charge on any atom is -0.453 e. The van der Waals surface area contributed by atoms with Gasteiger partial charge in [-0.2, -0.15) is 0 Å². The molecule has 0 amide bonds. The van der Waals surface area contributed by atoms with Crippen molar-refractivity contribution in [3.8, 4) is 0 Å². The largest absolute Gasteiger partial charge is 0.453 e. The molecule has 1 saturated heterocycles. The molecule has 2 heterocycles. The van der Waals surface area contributed by atoms with Gasteiger partial charge in [0.1, 0.15) is 5.76 Å². The van der Waals surface area contributed by atoms with Crippen LogP contribution in [0.25, 0.3) is 0 Å². The Morgan fingerprint density at radius 2 is 2.45 bits per heavy atom. The average Bonchev–Trinajstić information content (AvgIpc) is 2.55. The normalized spacial score (nSPS) is 24.3. The zero-order chi connectivity index (χ0) is 7.68. The van der Waals surface area contributed by atoms with Crippen molar-refractivity contribution in [3.63, 3.8) is 0 Å². The van der Waals surface area contributed by atoms with Crippen LogP contribution in [0, 0.1) is 0 Å². The van der Waals surface area contributed by atoms with Crippen LogP contribution in [0.5, 0.6) is 0 Å². The van der Waals surface area contributed by atoms with Crippen LogP contribution < -0.4 is 5.32 Å². The van der Waals surface area contributed by atoms with E-state index in [2.05, 4.69) is 21.2 Å². The maximum atomic E-state index is 5.42. The van der Waals surface area contributed by atoms with Crippen molar-refractivity contribution in [3.05, 3.63) is 22.6 Å². The molecule has 0 saturated carbocycles. The number of nitrogens with one attached hydrogen (secondary N) is 1. The molecule has 1 aliphatic heterocycles. The van der Waals surface area contributed by atoms with Crippen LogP contribution in [0.1, 0.15) is 24.6 Å². The molecule has 3 heteroatoms. The molecule has 0 bridgehead atoms. The molecule has 0 spiro atoms. The van der Waals surface area contributed by atoms with E-state index in [1.807, 2.05) is 12.1 Å². The fourth-order valence-electron chi connectivity index (χ4n) is 1.44. The molecule has 1 unspecified atom stereocenters. The van der Waals surface area contributed by atoms with E-state index in [1.54, 1.807) is 0 Å². The zero-order valence-electron chi connectivity index (χ0n) is 6.14. The Morgan fingerprint density at radius 1 is 1.55 bits per heavy atom. The Morgan fingerprint density at radius 3 is 3.00 bits per heavy atom. The van der Waals surface area contributed by atoms with Crippen LogP contribution >= 0.6 is 15.9 Å². The first-order valence-electron chi connectivity index (χ1n) is 3.85. The minimum atomic E-state index is 0.446. The van der Waals surface area contributed by atoms with Crippen LogP contribution in [0.15, 0.2) is 21.2 Å². The fraction of sp³-hybridized carbons (Fsp3) is 0.500. The van der Waals surface area contributed by atoms with Gasteiger partial charge >= 0.3 is 0 Å². The molecule has 1 aromatic heterocycles. The summed E-state index contributed by atoms with van der Waals surface area (Å²) in [4.78, 5) is 0. The highest BCUT2D eigenvalue weighted by Crippen LogP contribution is 2.26. The van der Waals surface area contributed by atoms with E-state index in [4.69, 9.17) is 4.42 Å². The molecule has 1 aliphatic rings. The third-order valence-corrected chi connectivity index (χ3v) is 2.42. The standard InChI is InChI=1S/C8H10BrNO/c9-8-4-3-7(11-8)6-2-1-5-10-6/h3-4,6,10H,1-2,5H2. The van der Waals surface area contributed by atoms with Gasteiger partial charge < -0.3 is 9.73 Å². The molecule has 2 nitrogen and oxygen atoms in total. The molecule has 1 atom stereocenters.